The second-order valence-electron chi connectivity index (χ2n) is 11.0. The summed E-state index contributed by atoms with van der Waals surface area (Å²) in [7, 11) is 0. The average molecular weight is 529 g/mol. The van der Waals surface area contributed by atoms with E-state index in [1.807, 2.05) is 11.0 Å². The van der Waals surface area contributed by atoms with Crippen LogP contribution in [0.1, 0.15) is 78.5 Å². The van der Waals surface area contributed by atoms with Crippen molar-refractivity contribution >= 4 is 39.7 Å². The third-order valence-electron chi connectivity index (χ3n) is 8.71. The third-order valence-corrected chi connectivity index (χ3v) is 8.71. The largest absolute Gasteiger partial charge is 0.333 e. The normalized spacial score (nSPS) is 25.7. The summed E-state index contributed by atoms with van der Waals surface area (Å²) in [6.45, 7) is 0. The Morgan fingerprint density at radius 3 is 1.56 bits per heavy atom. The van der Waals surface area contributed by atoms with Gasteiger partial charge in [0, 0.05) is 48.1 Å². The highest BCUT2D eigenvalue weighted by atomic mass is 16.6. The fourth-order valence-corrected chi connectivity index (χ4v) is 6.88. The number of benzene rings is 2. The minimum Gasteiger partial charge on any atom is -0.333 e. The molecular weight excluding hydrogens is 500 g/mol. The molecule has 4 unspecified atom stereocenters. The number of hydrogen-bond donors (Lipinski definition) is 0. The number of nitrogens with zero attached hydrogens (tertiary/aromatic N) is 6. The molecule has 0 radical (unpaired) electrons. The number of amides is 2. The van der Waals surface area contributed by atoms with Crippen molar-refractivity contribution in [3.8, 4) is 0 Å². The maximum atomic E-state index is 12.7. The number of hydrogen-bond acceptors (Lipinski definition) is 9. The lowest BCUT2D eigenvalue weighted by Crippen LogP contribution is -2.46. The number of piperidine rings is 2. The summed E-state index contributed by atoms with van der Waals surface area (Å²) in [5.41, 5.74) is 3.84. The van der Waals surface area contributed by atoms with Gasteiger partial charge in [0.1, 0.15) is 27.9 Å². The predicted octanol–water partition coefficient (Wildman–Crippen LogP) is 3.94. The van der Waals surface area contributed by atoms with E-state index in [2.05, 4.69) is 34.8 Å². The Morgan fingerprint density at radius 1 is 0.615 bits per heavy atom. The van der Waals surface area contributed by atoms with Gasteiger partial charge in [-0.3, -0.25) is 14.4 Å². The van der Waals surface area contributed by atoms with Gasteiger partial charge >= 0.3 is 0 Å². The molecule has 4 aromatic rings. The van der Waals surface area contributed by atoms with Gasteiger partial charge in [-0.25, -0.2) is 9.26 Å². The van der Waals surface area contributed by atoms with Gasteiger partial charge in [-0.2, -0.15) is 0 Å². The SMILES string of the molecule is O=C(c1ccc2nonc2c1)N1C2CCCC1CC2.O=C1CC2CCC(C1)N2C(=O)c1ccc2nonc2c1. The molecule has 6 heterocycles. The lowest BCUT2D eigenvalue weighted by Gasteiger charge is -2.34. The molecule has 8 rings (SSSR count). The van der Waals surface area contributed by atoms with Crippen LogP contribution >= 0.6 is 0 Å². The maximum absolute atomic E-state index is 12.7. The highest BCUT2D eigenvalue weighted by Crippen LogP contribution is 2.37. The summed E-state index contributed by atoms with van der Waals surface area (Å²) < 4.78 is 9.32. The molecule has 11 nitrogen and oxygen atoms in total. The van der Waals surface area contributed by atoms with Crippen molar-refractivity contribution in [1.82, 2.24) is 30.4 Å². The quantitative estimate of drug-likeness (QED) is 0.379. The van der Waals surface area contributed by atoms with Crippen molar-refractivity contribution in [3.05, 3.63) is 47.5 Å². The molecule has 0 saturated carbocycles. The molecule has 2 amide bonds. The van der Waals surface area contributed by atoms with E-state index in [-0.39, 0.29) is 29.7 Å². The van der Waals surface area contributed by atoms with E-state index >= 15 is 0 Å². The molecule has 4 atom stereocenters. The number of fused-ring (bicyclic) bond motifs is 6. The van der Waals surface area contributed by atoms with Gasteiger partial charge in [0.15, 0.2) is 0 Å². The van der Waals surface area contributed by atoms with E-state index in [9.17, 15) is 14.4 Å². The minimum atomic E-state index is -0.0186. The van der Waals surface area contributed by atoms with Crippen LogP contribution in [0.2, 0.25) is 0 Å². The van der Waals surface area contributed by atoms with Crippen LogP contribution in [-0.4, -0.2) is 72.2 Å². The zero-order valence-corrected chi connectivity index (χ0v) is 21.4. The van der Waals surface area contributed by atoms with Gasteiger partial charge in [0.05, 0.1) is 0 Å². The molecule has 0 N–H and O–H groups in total. The first-order chi connectivity index (χ1) is 19.0. The fourth-order valence-electron chi connectivity index (χ4n) is 6.88. The van der Waals surface area contributed by atoms with Crippen LogP contribution in [0.4, 0.5) is 0 Å². The fraction of sp³-hybridized carbons (Fsp3) is 0.464. The molecule has 200 valence electrons. The number of aromatic nitrogens is 4. The summed E-state index contributed by atoms with van der Waals surface area (Å²) in [6.07, 6.45) is 8.71. The molecular formula is C28H28N6O5. The van der Waals surface area contributed by atoms with Gasteiger partial charge in [0.2, 0.25) is 0 Å². The van der Waals surface area contributed by atoms with Gasteiger partial charge < -0.3 is 9.80 Å². The average Bonchev–Trinajstić information content (AvgIpc) is 3.72. The molecule has 4 aliphatic heterocycles. The Balaban J connectivity index is 0.000000130. The van der Waals surface area contributed by atoms with Crippen LogP contribution in [0.25, 0.3) is 22.1 Å². The maximum Gasteiger partial charge on any atom is 0.254 e. The minimum absolute atomic E-state index is 0.0186. The molecule has 0 aliphatic carbocycles. The van der Waals surface area contributed by atoms with E-state index in [4.69, 9.17) is 0 Å². The lowest BCUT2D eigenvalue weighted by molar-refractivity contribution is -0.122. The number of rotatable bonds is 2. The van der Waals surface area contributed by atoms with Crippen LogP contribution < -0.4 is 0 Å². The monoisotopic (exact) mass is 528 g/mol. The van der Waals surface area contributed by atoms with Gasteiger partial charge in [-0.05, 0) is 102 Å². The van der Waals surface area contributed by atoms with Gasteiger partial charge in [-0.15, -0.1) is 0 Å². The number of Topliss-reactive ketones (excluding diaryl/α,β-unsaturated/α-hetero) is 1. The van der Waals surface area contributed by atoms with Crippen molar-refractivity contribution in [2.75, 3.05) is 0 Å². The van der Waals surface area contributed by atoms with Gasteiger partial charge in [-0.1, -0.05) is 0 Å². The Kier molecular flexibility index (Phi) is 5.86. The number of carbonyl (C=O) groups is 3. The van der Waals surface area contributed by atoms with Crippen molar-refractivity contribution in [2.45, 2.75) is 82.0 Å². The zero-order valence-electron chi connectivity index (χ0n) is 21.4. The third kappa shape index (κ3) is 4.25. The smallest absolute Gasteiger partial charge is 0.254 e. The summed E-state index contributed by atoms with van der Waals surface area (Å²) >= 11 is 0. The summed E-state index contributed by atoms with van der Waals surface area (Å²) in [6, 6.07) is 11.6. The van der Waals surface area contributed by atoms with Crippen LogP contribution in [0.15, 0.2) is 45.7 Å². The van der Waals surface area contributed by atoms with Crippen LogP contribution in [0.3, 0.4) is 0 Å². The lowest BCUT2D eigenvalue weighted by atomic mass is 10.00. The van der Waals surface area contributed by atoms with E-state index < -0.39 is 0 Å². The molecule has 11 heteroatoms. The first-order valence-electron chi connectivity index (χ1n) is 13.7. The Morgan fingerprint density at radius 2 is 1.05 bits per heavy atom. The van der Waals surface area contributed by atoms with Crippen LogP contribution in [0.5, 0.6) is 0 Å². The first kappa shape index (κ1) is 23.9. The van der Waals surface area contributed by atoms with Crippen LogP contribution in [0, 0.1) is 0 Å². The van der Waals surface area contributed by atoms with Gasteiger partial charge in [0.25, 0.3) is 11.8 Å². The second kappa shape index (κ2) is 9.55. The summed E-state index contributed by atoms with van der Waals surface area (Å²) in [5.74, 6) is 0.393. The topological polar surface area (TPSA) is 136 Å². The standard InChI is InChI=1S/C14H13N3O3.C14H15N3O2/c18-11-6-9-2-3-10(7-11)17(9)14(19)8-1-4-12-13(5-8)16-20-15-12;18-14(17-10-2-1-3-11(17)6-5-10)9-4-7-12-13(8-9)16-19-15-12/h1,4-5,9-10H,2-3,6-7H2;4,7-8,10-11H,1-3,5-6H2. The Labute approximate surface area is 223 Å². The first-order valence-corrected chi connectivity index (χ1v) is 13.7. The highest BCUT2D eigenvalue weighted by molar-refractivity contribution is 5.99. The van der Waals surface area contributed by atoms with E-state index in [0.29, 0.717) is 58.1 Å². The molecule has 2 aromatic heterocycles. The van der Waals surface area contributed by atoms with E-state index in [1.165, 1.54) is 6.42 Å². The zero-order chi connectivity index (χ0) is 26.5. The predicted molar refractivity (Wildman–Crippen MR) is 138 cm³/mol. The van der Waals surface area contributed by atoms with Crippen molar-refractivity contribution < 1.29 is 23.6 Å². The van der Waals surface area contributed by atoms with Crippen molar-refractivity contribution in [1.29, 1.82) is 0 Å². The van der Waals surface area contributed by atoms with E-state index in [0.717, 1.165) is 38.5 Å². The van der Waals surface area contributed by atoms with Crippen molar-refractivity contribution in [2.24, 2.45) is 0 Å². The number of carbonyl (C=O) groups excluding carboxylic acids is 3. The molecule has 4 bridgehead atoms. The molecule has 2 aromatic carbocycles. The highest BCUT2D eigenvalue weighted by Gasteiger charge is 2.43. The molecule has 4 fully saturated rings. The molecule has 4 saturated heterocycles. The molecule has 39 heavy (non-hydrogen) atoms. The summed E-state index contributed by atoms with van der Waals surface area (Å²) in [5, 5.41) is 15.1. The Bertz CT molecular complexity index is 1550. The van der Waals surface area contributed by atoms with Crippen molar-refractivity contribution in [3.63, 3.8) is 0 Å². The van der Waals surface area contributed by atoms with Crippen LogP contribution in [-0.2, 0) is 4.79 Å². The van der Waals surface area contributed by atoms with E-state index in [1.54, 1.807) is 30.3 Å². The second-order valence-corrected chi connectivity index (χ2v) is 11.0. The molecule has 4 aliphatic rings. The summed E-state index contributed by atoms with van der Waals surface area (Å²) in [4.78, 5) is 40.9. The Hall–Kier alpha value is -4.15. The molecule has 0 spiro atoms. The number of ketones is 1.